The van der Waals surface area contributed by atoms with Gasteiger partial charge in [0.1, 0.15) is 0 Å². The Kier molecular flexibility index (Phi) is 4.28. The van der Waals surface area contributed by atoms with Crippen LogP contribution < -0.4 is 0 Å². The summed E-state index contributed by atoms with van der Waals surface area (Å²) in [7, 11) is 1.16. The number of aliphatic hydroxyl groups is 1. The zero-order valence-electron chi connectivity index (χ0n) is 8.96. The molecule has 0 aliphatic heterocycles. The maximum Gasteiger partial charge on any atom is 0.505 e. The van der Waals surface area contributed by atoms with E-state index in [-0.39, 0.29) is 18.1 Å². The third kappa shape index (κ3) is 2.95. The number of hydrogen-bond acceptors (Lipinski definition) is 4. The van der Waals surface area contributed by atoms with E-state index in [0.29, 0.717) is 0 Å². The number of allylic oxidation sites excluding steroid dienone is 5. The molecule has 84 valence electrons. The van der Waals surface area contributed by atoms with Gasteiger partial charge in [-0.2, -0.15) is 0 Å². The predicted octanol–water partition coefficient (Wildman–Crippen LogP) is 2.30. The van der Waals surface area contributed by atoms with Gasteiger partial charge in [-0.05, 0) is 12.3 Å². The Bertz CT molecular complexity index is 402. The predicted molar refractivity (Wildman–Crippen MR) is 57.8 cm³/mol. The molecular weight excluding hydrogens is 208 g/mol. The van der Waals surface area contributed by atoms with Gasteiger partial charge in [0, 0.05) is 6.42 Å². The van der Waals surface area contributed by atoms with Crippen LogP contribution in [0.3, 0.4) is 0 Å². The average molecular weight is 221 g/mol. The zero-order chi connectivity index (χ0) is 12.0. The molecule has 1 rings (SSSR count). The number of carbonyl (C=O) groups excluding carboxylic acids is 1. The summed E-state index contributed by atoms with van der Waals surface area (Å²) in [6, 6.07) is 0. The number of esters is 1. The number of ether oxygens (including phenoxy) is 1. The summed E-state index contributed by atoms with van der Waals surface area (Å²) < 4.78 is 4.37. The van der Waals surface area contributed by atoms with Crippen LogP contribution >= 0.6 is 0 Å². The van der Waals surface area contributed by atoms with Gasteiger partial charge in [-0.1, -0.05) is 24.3 Å². The maximum absolute atomic E-state index is 11.1. The van der Waals surface area contributed by atoms with E-state index in [9.17, 15) is 9.90 Å². The van der Waals surface area contributed by atoms with Crippen LogP contribution in [0.1, 0.15) is 12.8 Å². The van der Waals surface area contributed by atoms with Crippen LogP contribution in [0.2, 0.25) is 0 Å². The normalized spacial score (nSPS) is 19.9. The van der Waals surface area contributed by atoms with E-state index < -0.39 is 11.7 Å². The fraction of sp³-hybridized carbons (Fsp3) is 0.364. The highest BCUT2D eigenvalue weighted by Gasteiger charge is 2.30. The molecule has 1 unspecified atom stereocenters. The third-order valence-corrected chi connectivity index (χ3v) is 2.28. The molecule has 0 radical (unpaired) electrons. The van der Waals surface area contributed by atoms with E-state index in [2.05, 4.69) is 9.71 Å². The molecule has 1 aliphatic carbocycles. The maximum atomic E-state index is 11.1. The van der Waals surface area contributed by atoms with Crippen LogP contribution in [-0.4, -0.2) is 18.2 Å². The molecule has 0 aromatic carbocycles. The summed E-state index contributed by atoms with van der Waals surface area (Å²) in [5, 5.41) is 18.2. The van der Waals surface area contributed by atoms with Crippen molar-refractivity contribution in [2.75, 3.05) is 7.11 Å². The van der Waals surface area contributed by atoms with Crippen molar-refractivity contribution in [1.82, 2.24) is 0 Å². The van der Waals surface area contributed by atoms with Crippen molar-refractivity contribution in [3.8, 4) is 0 Å². The number of diazo groups is 1. The quantitative estimate of drug-likeness (QED) is 0.343. The van der Waals surface area contributed by atoms with Crippen molar-refractivity contribution in [1.29, 1.82) is 5.39 Å². The van der Waals surface area contributed by atoms with E-state index in [1.54, 1.807) is 0 Å². The van der Waals surface area contributed by atoms with Gasteiger partial charge in [-0.3, -0.25) is 0 Å². The summed E-state index contributed by atoms with van der Waals surface area (Å²) >= 11 is 0. The lowest BCUT2D eigenvalue weighted by Crippen LogP contribution is -2.08. The van der Waals surface area contributed by atoms with Gasteiger partial charge in [-0.25, -0.2) is 4.79 Å². The zero-order valence-corrected chi connectivity index (χ0v) is 8.96. The van der Waals surface area contributed by atoms with Crippen LogP contribution in [0.5, 0.6) is 0 Å². The molecule has 0 amide bonds. The molecule has 0 saturated carbocycles. The molecule has 0 aromatic rings. The van der Waals surface area contributed by atoms with E-state index in [1.165, 1.54) is 0 Å². The topological polar surface area (TPSA) is 74.7 Å². The molecule has 0 saturated heterocycles. The minimum absolute atomic E-state index is 0.103. The molecule has 0 aromatic heterocycles. The van der Waals surface area contributed by atoms with Crippen molar-refractivity contribution in [3.05, 3.63) is 40.7 Å². The molecule has 5 nitrogen and oxygen atoms in total. The second-order valence-electron chi connectivity index (χ2n) is 3.40. The first-order valence-electron chi connectivity index (χ1n) is 4.88. The SMILES string of the molecule is COC(=O)/C([N+]#N)=C(\O)CC1C=CC=CC1. The lowest BCUT2D eigenvalue weighted by Gasteiger charge is -2.10. The Hall–Kier alpha value is -2.09. The lowest BCUT2D eigenvalue weighted by molar-refractivity contribution is -0.136. The number of nitrogens with zero attached hydrogens (tertiary/aromatic N) is 2. The number of carbonyl (C=O) groups is 1. The summed E-state index contributed by atoms with van der Waals surface area (Å²) in [5.74, 6) is -1.01. The van der Waals surface area contributed by atoms with Crippen molar-refractivity contribution < 1.29 is 14.6 Å². The first kappa shape index (κ1) is 12.0. The van der Waals surface area contributed by atoms with Crippen molar-refractivity contribution >= 4 is 5.97 Å². The molecule has 0 fully saturated rings. The lowest BCUT2D eigenvalue weighted by atomic mass is 9.96. The molecule has 1 aliphatic rings. The Morgan fingerprint density at radius 3 is 2.88 bits per heavy atom. The van der Waals surface area contributed by atoms with Gasteiger partial charge in [0.05, 0.1) is 7.11 Å². The molecule has 16 heavy (non-hydrogen) atoms. The van der Waals surface area contributed by atoms with Gasteiger partial charge in [0.25, 0.3) is 0 Å². The second kappa shape index (κ2) is 5.71. The molecule has 0 heterocycles. The third-order valence-electron chi connectivity index (χ3n) is 2.28. The molecule has 1 N–H and O–H groups in total. The highest BCUT2D eigenvalue weighted by molar-refractivity contribution is 5.90. The molecule has 0 bridgehead atoms. The Labute approximate surface area is 93.3 Å². The highest BCUT2D eigenvalue weighted by atomic mass is 16.5. The van der Waals surface area contributed by atoms with Gasteiger partial charge in [-0.15, -0.1) is 0 Å². The molecule has 5 heteroatoms. The molecular formula is C11H13N2O3+. The van der Waals surface area contributed by atoms with Crippen LogP contribution in [0.25, 0.3) is 4.98 Å². The van der Waals surface area contributed by atoms with Crippen LogP contribution in [0, 0.1) is 11.3 Å². The van der Waals surface area contributed by atoms with Gasteiger partial charge in [0.2, 0.25) is 5.39 Å². The van der Waals surface area contributed by atoms with E-state index in [0.717, 1.165) is 13.5 Å². The summed E-state index contributed by atoms with van der Waals surface area (Å²) in [4.78, 5) is 13.8. The van der Waals surface area contributed by atoms with Crippen molar-refractivity contribution in [3.63, 3.8) is 0 Å². The molecule has 1 atom stereocenters. The van der Waals surface area contributed by atoms with E-state index >= 15 is 0 Å². The van der Waals surface area contributed by atoms with Crippen molar-refractivity contribution in [2.45, 2.75) is 12.8 Å². The monoisotopic (exact) mass is 221 g/mol. The van der Waals surface area contributed by atoms with E-state index in [4.69, 9.17) is 5.39 Å². The highest BCUT2D eigenvalue weighted by Crippen LogP contribution is 2.21. The first-order chi connectivity index (χ1) is 7.69. The Morgan fingerprint density at radius 2 is 2.38 bits per heavy atom. The van der Waals surface area contributed by atoms with Crippen LogP contribution in [0.15, 0.2) is 35.8 Å². The molecule has 0 spiro atoms. The van der Waals surface area contributed by atoms with Gasteiger partial charge < -0.3 is 9.84 Å². The number of methoxy groups -OCH3 is 1. The van der Waals surface area contributed by atoms with Crippen LogP contribution in [0.4, 0.5) is 0 Å². The Balaban J connectivity index is 2.75. The number of aliphatic hydroxyl groups excluding tert-OH is 1. The summed E-state index contributed by atoms with van der Waals surface area (Å²) in [5.41, 5.74) is -0.439. The fourth-order valence-electron chi connectivity index (χ4n) is 1.44. The van der Waals surface area contributed by atoms with Gasteiger partial charge in [0.15, 0.2) is 10.7 Å². The Morgan fingerprint density at radius 1 is 1.62 bits per heavy atom. The van der Waals surface area contributed by atoms with Crippen LogP contribution in [-0.2, 0) is 9.53 Å². The fourth-order valence-corrected chi connectivity index (χ4v) is 1.44. The summed E-state index contributed by atoms with van der Waals surface area (Å²) in [6.45, 7) is 0. The number of rotatable bonds is 3. The minimum Gasteiger partial charge on any atom is -0.505 e. The minimum atomic E-state index is -0.852. The average Bonchev–Trinajstić information content (AvgIpc) is 2.31. The van der Waals surface area contributed by atoms with Gasteiger partial charge >= 0.3 is 11.7 Å². The first-order valence-corrected chi connectivity index (χ1v) is 4.88. The summed E-state index contributed by atoms with van der Waals surface area (Å²) in [6.07, 6.45) is 8.69. The van der Waals surface area contributed by atoms with E-state index in [1.807, 2.05) is 24.3 Å². The smallest absolute Gasteiger partial charge is 0.505 e. The standard InChI is InChI=1S/C11H12N2O3/c1-16-11(15)10(13-12)9(14)7-8-5-3-2-4-6-8/h2-5,8H,6-7H2,1H3/p+1. The second-order valence-corrected chi connectivity index (χ2v) is 3.40. The van der Waals surface area contributed by atoms with Crippen molar-refractivity contribution in [2.24, 2.45) is 5.92 Å². The number of hydrogen-bond donors (Lipinski definition) is 1. The largest absolute Gasteiger partial charge is 0.505 e.